The molecule has 2 aliphatic carbocycles. The van der Waals surface area contributed by atoms with E-state index in [1.807, 2.05) is 18.5 Å². The molecule has 1 atom stereocenters. The van der Waals surface area contributed by atoms with Crippen LogP contribution in [0, 0.1) is 0 Å². The summed E-state index contributed by atoms with van der Waals surface area (Å²) in [7, 11) is 0. The largest absolute Gasteiger partial charge is 0.385 e. The summed E-state index contributed by atoms with van der Waals surface area (Å²) in [6.07, 6.45) is 16.1. The van der Waals surface area contributed by atoms with Crippen LogP contribution in [-0.2, 0) is 0 Å². The van der Waals surface area contributed by atoms with Gasteiger partial charge in [0.25, 0.3) is 0 Å². The lowest BCUT2D eigenvalue weighted by Gasteiger charge is -2.28. The van der Waals surface area contributed by atoms with Gasteiger partial charge in [-0.2, -0.15) is 0 Å². The number of nitrogens with zero attached hydrogens (tertiary/aromatic N) is 1. The molecule has 25 heavy (non-hydrogen) atoms. The smallest absolute Gasteiger partial charge is 0.0498 e. The second-order valence-corrected chi connectivity index (χ2v) is 6.95. The number of nitrogens with one attached hydrogen (secondary N) is 1. The quantitative estimate of drug-likeness (QED) is 0.635. The molecule has 3 heteroatoms. The van der Waals surface area contributed by atoms with Crippen molar-refractivity contribution in [3.8, 4) is 0 Å². The minimum absolute atomic E-state index is 0.595. The molecule has 0 amide bonds. The molecule has 1 aliphatic heterocycles. The van der Waals surface area contributed by atoms with Crippen LogP contribution in [0.2, 0.25) is 5.02 Å². The van der Waals surface area contributed by atoms with E-state index in [9.17, 15) is 0 Å². The third-order valence-electron chi connectivity index (χ3n) is 4.95. The van der Waals surface area contributed by atoms with Gasteiger partial charge in [-0.25, -0.2) is 0 Å². The van der Waals surface area contributed by atoms with Crippen LogP contribution in [0.25, 0.3) is 16.8 Å². The lowest BCUT2D eigenvalue weighted by Crippen LogP contribution is -2.10. The lowest BCUT2D eigenvalue weighted by atomic mass is 9.76. The fourth-order valence-electron chi connectivity index (χ4n) is 3.75. The zero-order valence-corrected chi connectivity index (χ0v) is 14.8. The number of rotatable bonds is 0. The normalized spacial score (nSPS) is 20.0. The van der Waals surface area contributed by atoms with Gasteiger partial charge in [-0.15, -0.1) is 0 Å². The molecule has 1 N–H and O–H groups in total. The van der Waals surface area contributed by atoms with Crippen molar-refractivity contribution in [1.82, 2.24) is 5.32 Å². The van der Waals surface area contributed by atoms with Crippen LogP contribution in [0.5, 0.6) is 0 Å². The summed E-state index contributed by atoms with van der Waals surface area (Å²) in [4.78, 5) is 3.81. The van der Waals surface area contributed by atoms with Gasteiger partial charge in [0.15, 0.2) is 0 Å². The first-order valence-corrected chi connectivity index (χ1v) is 9.21. The second-order valence-electron chi connectivity index (χ2n) is 6.51. The number of benzene rings is 2. The van der Waals surface area contributed by atoms with Gasteiger partial charge in [-0.3, -0.25) is 4.99 Å². The summed E-state index contributed by atoms with van der Waals surface area (Å²) >= 11 is 6.16. The van der Waals surface area contributed by atoms with E-state index < -0.39 is 0 Å². The van der Waals surface area contributed by atoms with E-state index in [0.29, 0.717) is 5.92 Å². The van der Waals surface area contributed by atoms with Gasteiger partial charge in [0, 0.05) is 36.1 Å². The van der Waals surface area contributed by atoms with E-state index in [-0.39, 0.29) is 0 Å². The highest BCUT2D eigenvalue weighted by molar-refractivity contribution is 6.31. The number of hydrogen-bond donors (Lipinski definition) is 1. The van der Waals surface area contributed by atoms with E-state index >= 15 is 0 Å². The van der Waals surface area contributed by atoms with E-state index in [1.165, 1.54) is 46.7 Å². The number of hydrogen-bond acceptors (Lipinski definition) is 2. The zero-order chi connectivity index (χ0) is 17.1. The number of halogens is 1. The van der Waals surface area contributed by atoms with Crippen LogP contribution in [0.15, 0.2) is 65.4 Å². The fraction of sp³-hybridized carbons (Fsp3) is 0.227. The summed E-state index contributed by atoms with van der Waals surface area (Å²) in [6.45, 7) is 0.872. The van der Waals surface area contributed by atoms with Crippen molar-refractivity contribution < 1.29 is 0 Å². The molecule has 0 saturated carbocycles. The van der Waals surface area contributed by atoms with Gasteiger partial charge in [0.2, 0.25) is 0 Å². The average molecular weight is 349 g/mol. The van der Waals surface area contributed by atoms with Crippen LogP contribution in [-0.4, -0.2) is 12.8 Å². The van der Waals surface area contributed by atoms with Gasteiger partial charge in [-0.05, 0) is 58.9 Å². The molecule has 0 saturated heterocycles. The monoisotopic (exact) mass is 348 g/mol. The number of fused-ring (bicyclic) bond motifs is 5. The highest BCUT2D eigenvalue weighted by atomic mass is 35.5. The molecule has 5 rings (SSSR count). The Labute approximate surface area is 153 Å². The van der Waals surface area contributed by atoms with Crippen molar-refractivity contribution in [3.63, 3.8) is 0 Å². The van der Waals surface area contributed by atoms with E-state index in [1.54, 1.807) is 6.20 Å². The minimum atomic E-state index is 0.595. The Hall–Kier alpha value is -2.32. The summed E-state index contributed by atoms with van der Waals surface area (Å²) in [5.41, 5.74) is 4.34. The van der Waals surface area contributed by atoms with Crippen LogP contribution in [0.3, 0.4) is 0 Å². The Bertz CT molecular complexity index is 894. The molecule has 0 radical (unpaired) electrons. The van der Waals surface area contributed by atoms with Crippen LogP contribution in [0.1, 0.15) is 36.3 Å². The molecule has 3 aliphatic rings. The Balaban J connectivity index is 0.000000223. The summed E-state index contributed by atoms with van der Waals surface area (Å²) in [5.74, 6) is 0.595. The standard InChI is InChI=1S/C18H15Cl.C4H6N2/c19-14-8-5-13-7-9-16-15-4-2-1-3-12(15)6-10-17(16)18(13)11-14;1-2-6-4-3-5-1/h3,5-11,15H,1-2,4H2;1-3,6H,4H2. The molecule has 0 spiro atoms. The molecular formula is C22H21ClN2. The third kappa shape index (κ3) is 3.40. The topological polar surface area (TPSA) is 24.4 Å². The molecule has 2 aromatic rings. The summed E-state index contributed by atoms with van der Waals surface area (Å²) < 4.78 is 0. The first kappa shape index (κ1) is 16.2. The highest BCUT2D eigenvalue weighted by Crippen LogP contribution is 2.42. The van der Waals surface area contributed by atoms with E-state index in [2.05, 4.69) is 52.8 Å². The molecule has 126 valence electrons. The zero-order valence-electron chi connectivity index (χ0n) is 14.1. The molecule has 0 aromatic heterocycles. The predicted molar refractivity (Wildman–Crippen MR) is 108 cm³/mol. The van der Waals surface area contributed by atoms with Crippen LogP contribution < -0.4 is 5.32 Å². The summed E-state index contributed by atoms with van der Waals surface area (Å²) in [5, 5.41) is 6.33. The summed E-state index contributed by atoms with van der Waals surface area (Å²) in [6, 6.07) is 10.7. The van der Waals surface area contributed by atoms with Crippen LogP contribution in [0.4, 0.5) is 0 Å². The van der Waals surface area contributed by atoms with Crippen molar-refractivity contribution in [2.24, 2.45) is 4.99 Å². The maximum atomic E-state index is 6.16. The van der Waals surface area contributed by atoms with Gasteiger partial charge < -0.3 is 5.32 Å². The molecular weight excluding hydrogens is 328 g/mol. The third-order valence-corrected chi connectivity index (χ3v) is 5.18. The SMILES string of the molecule is C1=CNCC=N1.Clc1ccc2ccc3c(c2c1)C=CC1=CCCCC13. The van der Waals surface area contributed by atoms with Gasteiger partial charge in [0.05, 0.1) is 0 Å². The number of allylic oxidation sites excluding steroid dienone is 3. The predicted octanol–water partition coefficient (Wildman–Crippen LogP) is 5.85. The lowest BCUT2D eigenvalue weighted by molar-refractivity contribution is 0.632. The van der Waals surface area contributed by atoms with Gasteiger partial charge in [0.1, 0.15) is 0 Å². The molecule has 1 heterocycles. The number of aliphatic imine (C=N–C) groups is 1. The van der Waals surface area contributed by atoms with Crippen molar-refractivity contribution in [2.45, 2.75) is 25.2 Å². The maximum Gasteiger partial charge on any atom is 0.0498 e. The van der Waals surface area contributed by atoms with Gasteiger partial charge in [-0.1, -0.05) is 48.0 Å². The average Bonchev–Trinajstić information content (AvgIpc) is 2.69. The minimum Gasteiger partial charge on any atom is -0.385 e. The molecule has 0 fully saturated rings. The van der Waals surface area contributed by atoms with Crippen molar-refractivity contribution >= 4 is 34.7 Å². The van der Waals surface area contributed by atoms with Crippen LogP contribution >= 0.6 is 11.6 Å². The second kappa shape index (κ2) is 7.28. The van der Waals surface area contributed by atoms with Crippen molar-refractivity contribution in [2.75, 3.05) is 6.54 Å². The molecule has 2 nitrogen and oxygen atoms in total. The Morgan fingerprint density at radius 3 is 2.80 bits per heavy atom. The Kier molecular flexibility index (Phi) is 4.71. The van der Waals surface area contributed by atoms with Crippen molar-refractivity contribution in [1.29, 1.82) is 0 Å². The molecule has 0 bridgehead atoms. The van der Waals surface area contributed by atoms with Gasteiger partial charge >= 0.3 is 0 Å². The fourth-order valence-corrected chi connectivity index (χ4v) is 3.92. The van der Waals surface area contributed by atoms with E-state index in [0.717, 1.165) is 11.6 Å². The van der Waals surface area contributed by atoms with Crippen molar-refractivity contribution in [3.05, 3.63) is 76.6 Å². The molecule has 1 unspecified atom stereocenters. The molecule has 2 aromatic carbocycles. The Morgan fingerprint density at radius 2 is 2.04 bits per heavy atom. The maximum absolute atomic E-state index is 6.16. The highest BCUT2D eigenvalue weighted by Gasteiger charge is 2.24. The first-order valence-electron chi connectivity index (χ1n) is 8.83. The van der Waals surface area contributed by atoms with E-state index in [4.69, 9.17) is 11.6 Å². The first-order chi connectivity index (χ1) is 12.3. The Morgan fingerprint density at radius 1 is 1.12 bits per heavy atom.